The Balaban J connectivity index is 1.84. The summed E-state index contributed by atoms with van der Waals surface area (Å²) in [6, 6.07) is 0. The van der Waals surface area contributed by atoms with E-state index in [1.165, 1.54) is 12.8 Å². The van der Waals surface area contributed by atoms with Crippen molar-refractivity contribution in [2.45, 2.75) is 38.2 Å². The predicted molar refractivity (Wildman–Crippen MR) is 63.4 cm³/mol. The molecule has 0 aromatic carbocycles. The van der Waals surface area contributed by atoms with Gasteiger partial charge in [-0.1, -0.05) is 12.8 Å². The molecule has 16 heavy (non-hydrogen) atoms. The normalized spacial score (nSPS) is 30.5. The molecule has 1 N–H and O–H groups in total. The Kier molecular flexibility index (Phi) is 4.09. The van der Waals surface area contributed by atoms with Crippen LogP contribution >= 0.6 is 11.6 Å². The van der Waals surface area contributed by atoms with Crippen molar-refractivity contribution in [3.05, 3.63) is 0 Å². The average molecular weight is 246 g/mol. The van der Waals surface area contributed by atoms with Crippen LogP contribution in [0.5, 0.6) is 0 Å². The summed E-state index contributed by atoms with van der Waals surface area (Å²) in [4.78, 5) is 13.6. The van der Waals surface area contributed by atoms with E-state index in [2.05, 4.69) is 0 Å². The number of piperidine rings is 1. The topological polar surface area (TPSA) is 40.5 Å². The minimum atomic E-state index is -0.208. The van der Waals surface area contributed by atoms with Crippen LogP contribution in [0.4, 0.5) is 0 Å². The molecule has 1 heterocycles. The lowest BCUT2D eigenvalue weighted by Gasteiger charge is -2.36. The second-order valence-corrected chi connectivity index (χ2v) is 5.45. The standard InChI is InChI=1S/C12H20ClNO2/c13-5-3-12(16)14-6-4-11(15)10(8-14)7-9-1-2-9/h9-11,15H,1-8H2/t10-,11-/m0/s1. The zero-order chi connectivity index (χ0) is 11.5. The molecule has 92 valence electrons. The molecule has 1 amide bonds. The van der Waals surface area contributed by atoms with Crippen LogP contribution in [0.15, 0.2) is 0 Å². The van der Waals surface area contributed by atoms with Crippen molar-refractivity contribution < 1.29 is 9.90 Å². The van der Waals surface area contributed by atoms with Crippen molar-refractivity contribution in [1.82, 2.24) is 4.90 Å². The first-order valence-corrected chi connectivity index (χ1v) is 6.76. The largest absolute Gasteiger partial charge is 0.393 e. The molecule has 1 aliphatic heterocycles. The lowest BCUT2D eigenvalue weighted by molar-refractivity contribution is -0.134. The molecule has 2 rings (SSSR count). The SMILES string of the molecule is O=C(CCCl)N1CC[C@H](O)[C@@H](CC2CC2)C1. The number of likely N-dealkylation sites (tertiary alicyclic amines) is 1. The highest BCUT2D eigenvalue weighted by atomic mass is 35.5. The molecule has 0 radical (unpaired) electrons. The molecule has 1 saturated carbocycles. The van der Waals surface area contributed by atoms with Gasteiger partial charge in [0, 0.05) is 31.3 Å². The van der Waals surface area contributed by atoms with Crippen LogP contribution in [0.3, 0.4) is 0 Å². The average Bonchev–Trinajstić information content (AvgIpc) is 3.05. The zero-order valence-corrected chi connectivity index (χ0v) is 10.3. The Morgan fingerprint density at radius 3 is 2.75 bits per heavy atom. The molecular weight excluding hydrogens is 226 g/mol. The molecule has 0 aromatic heterocycles. The van der Waals surface area contributed by atoms with Crippen LogP contribution in [0.25, 0.3) is 0 Å². The van der Waals surface area contributed by atoms with Crippen molar-refractivity contribution in [3.63, 3.8) is 0 Å². The van der Waals surface area contributed by atoms with Crippen molar-refractivity contribution in [1.29, 1.82) is 0 Å². The summed E-state index contributed by atoms with van der Waals surface area (Å²) in [6.07, 6.45) is 4.64. The van der Waals surface area contributed by atoms with Gasteiger partial charge in [0.1, 0.15) is 0 Å². The molecule has 2 atom stereocenters. The predicted octanol–water partition coefficient (Wildman–Crippen LogP) is 1.62. The smallest absolute Gasteiger partial charge is 0.223 e. The number of carbonyl (C=O) groups excluding carboxylic acids is 1. The summed E-state index contributed by atoms with van der Waals surface area (Å²) < 4.78 is 0. The van der Waals surface area contributed by atoms with Crippen molar-refractivity contribution in [2.75, 3.05) is 19.0 Å². The number of amides is 1. The lowest BCUT2D eigenvalue weighted by atomic mass is 9.89. The Morgan fingerprint density at radius 2 is 2.12 bits per heavy atom. The third kappa shape index (κ3) is 3.11. The van der Waals surface area contributed by atoms with Crippen molar-refractivity contribution in [2.24, 2.45) is 11.8 Å². The van der Waals surface area contributed by atoms with E-state index in [4.69, 9.17) is 11.6 Å². The molecule has 2 fully saturated rings. The van der Waals surface area contributed by atoms with E-state index in [0.29, 0.717) is 24.8 Å². The molecule has 2 aliphatic rings. The Morgan fingerprint density at radius 1 is 1.38 bits per heavy atom. The van der Waals surface area contributed by atoms with E-state index in [-0.39, 0.29) is 12.0 Å². The number of aliphatic hydroxyl groups excluding tert-OH is 1. The van der Waals surface area contributed by atoms with E-state index >= 15 is 0 Å². The summed E-state index contributed by atoms with van der Waals surface area (Å²) in [5, 5.41) is 9.91. The third-order valence-corrected chi connectivity index (χ3v) is 3.88. The Hall–Kier alpha value is -0.280. The Labute approximate surface area is 102 Å². The molecule has 0 unspecified atom stereocenters. The molecular formula is C12H20ClNO2. The van der Waals surface area contributed by atoms with Gasteiger partial charge in [-0.3, -0.25) is 4.79 Å². The maximum atomic E-state index is 11.7. The van der Waals surface area contributed by atoms with Gasteiger partial charge in [-0.05, 0) is 18.8 Å². The van der Waals surface area contributed by atoms with Crippen LogP contribution in [0, 0.1) is 11.8 Å². The summed E-state index contributed by atoms with van der Waals surface area (Å²) >= 11 is 5.58. The van der Waals surface area contributed by atoms with E-state index in [1.807, 2.05) is 4.90 Å². The summed E-state index contributed by atoms with van der Waals surface area (Å²) in [5.74, 6) is 1.64. The van der Waals surface area contributed by atoms with E-state index in [1.54, 1.807) is 0 Å². The summed E-state index contributed by atoms with van der Waals surface area (Å²) in [7, 11) is 0. The highest BCUT2D eigenvalue weighted by Crippen LogP contribution is 2.37. The quantitative estimate of drug-likeness (QED) is 0.765. The third-order valence-electron chi connectivity index (χ3n) is 3.69. The van der Waals surface area contributed by atoms with E-state index in [0.717, 1.165) is 25.3 Å². The van der Waals surface area contributed by atoms with Crippen LogP contribution in [-0.2, 0) is 4.79 Å². The number of carbonyl (C=O) groups is 1. The second kappa shape index (κ2) is 5.37. The van der Waals surface area contributed by atoms with Crippen LogP contribution in [0.2, 0.25) is 0 Å². The number of halogens is 1. The molecule has 0 spiro atoms. The molecule has 1 saturated heterocycles. The van der Waals surface area contributed by atoms with Gasteiger partial charge in [0.2, 0.25) is 5.91 Å². The number of nitrogens with zero attached hydrogens (tertiary/aromatic N) is 1. The molecule has 1 aliphatic carbocycles. The molecule has 0 aromatic rings. The first-order chi connectivity index (χ1) is 7.70. The van der Waals surface area contributed by atoms with Gasteiger partial charge in [-0.2, -0.15) is 0 Å². The van der Waals surface area contributed by atoms with Crippen molar-refractivity contribution in [3.8, 4) is 0 Å². The van der Waals surface area contributed by atoms with Gasteiger partial charge in [-0.15, -0.1) is 11.6 Å². The summed E-state index contributed by atoms with van der Waals surface area (Å²) in [5.41, 5.74) is 0. The fraction of sp³-hybridized carbons (Fsp3) is 0.917. The molecule has 0 bridgehead atoms. The van der Waals surface area contributed by atoms with Gasteiger partial charge in [0.25, 0.3) is 0 Å². The number of hydrogen-bond donors (Lipinski definition) is 1. The van der Waals surface area contributed by atoms with E-state index < -0.39 is 0 Å². The zero-order valence-electron chi connectivity index (χ0n) is 9.57. The number of alkyl halides is 1. The number of rotatable bonds is 4. The number of aliphatic hydroxyl groups is 1. The molecule has 4 heteroatoms. The fourth-order valence-corrected chi connectivity index (χ4v) is 2.66. The first-order valence-electron chi connectivity index (χ1n) is 6.22. The highest BCUT2D eigenvalue weighted by Gasteiger charge is 2.34. The van der Waals surface area contributed by atoms with Gasteiger partial charge < -0.3 is 10.0 Å². The van der Waals surface area contributed by atoms with Crippen molar-refractivity contribution >= 4 is 17.5 Å². The first kappa shape index (κ1) is 12.2. The van der Waals surface area contributed by atoms with E-state index in [9.17, 15) is 9.90 Å². The van der Waals surface area contributed by atoms with Crippen LogP contribution in [-0.4, -0.2) is 41.0 Å². The van der Waals surface area contributed by atoms with Crippen LogP contribution in [0.1, 0.15) is 32.1 Å². The van der Waals surface area contributed by atoms with Gasteiger partial charge >= 0.3 is 0 Å². The maximum Gasteiger partial charge on any atom is 0.223 e. The molecule has 3 nitrogen and oxygen atoms in total. The number of hydrogen-bond acceptors (Lipinski definition) is 2. The maximum absolute atomic E-state index is 11.7. The van der Waals surface area contributed by atoms with Gasteiger partial charge in [0.05, 0.1) is 6.10 Å². The Bertz CT molecular complexity index is 255. The minimum Gasteiger partial charge on any atom is -0.393 e. The summed E-state index contributed by atoms with van der Waals surface area (Å²) in [6.45, 7) is 1.42. The fourth-order valence-electron chi connectivity index (χ4n) is 2.50. The lowest BCUT2D eigenvalue weighted by Crippen LogP contribution is -2.46. The highest BCUT2D eigenvalue weighted by molar-refractivity contribution is 6.18. The van der Waals surface area contributed by atoms with Gasteiger partial charge in [-0.25, -0.2) is 0 Å². The monoisotopic (exact) mass is 245 g/mol. The second-order valence-electron chi connectivity index (χ2n) is 5.07. The minimum absolute atomic E-state index is 0.141. The van der Waals surface area contributed by atoms with Gasteiger partial charge in [0.15, 0.2) is 0 Å². The van der Waals surface area contributed by atoms with Crippen LogP contribution < -0.4 is 0 Å².